The van der Waals surface area contributed by atoms with Gasteiger partial charge >= 0.3 is 0 Å². The van der Waals surface area contributed by atoms with Gasteiger partial charge in [0, 0.05) is 14.9 Å². The normalized spacial score (nSPS) is 12.2. The third-order valence-electron chi connectivity index (χ3n) is 3.43. The van der Waals surface area contributed by atoms with E-state index >= 15 is 0 Å². The Kier molecular flexibility index (Phi) is 5.28. The van der Waals surface area contributed by atoms with Crippen molar-refractivity contribution in [1.82, 2.24) is 0 Å². The average Bonchev–Trinajstić information content (AvgIpc) is 2.42. The van der Waals surface area contributed by atoms with Gasteiger partial charge in [-0.2, -0.15) is 0 Å². The van der Waals surface area contributed by atoms with E-state index in [1.165, 1.54) is 22.3 Å². The van der Waals surface area contributed by atoms with Crippen LogP contribution in [0.15, 0.2) is 40.9 Å². The van der Waals surface area contributed by atoms with Crippen LogP contribution in [-0.4, -0.2) is 7.11 Å². The molecular formula is C17H18Br2O. The van der Waals surface area contributed by atoms with Crippen LogP contribution in [0.4, 0.5) is 0 Å². The molecule has 0 bridgehead atoms. The van der Waals surface area contributed by atoms with E-state index in [-0.39, 0.29) is 4.83 Å². The standard InChI is InChI=1S/C17H18Br2O/c1-11-4-5-12(2)13(8-11)9-16(19)15-10-14(18)6-7-17(15)20-3/h4-8,10,16H,9H2,1-3H3. The van der Waals surface area contributed by atoms with Crippen molar-refractivity contribution >= 4 is 31.9 Å². The van der Waals surface area contributed by atoms with E-state index < -0.39 is 0 Å². The van der Waals surface area contributed by atoms with E-state index in [4.69, 9.17) is 4.74 Å². The summed E-state index contributed by atoms with van der Waals surface area (Å²) < 4.78 is 6.53. The second-order valence-electron chi connectivity index (χ2n) is 4.99. The highest BCUT2D eigenvalue weighted by atomic mass is 79.9. The molecule has 0 aliphatic carbocycles. The van der Waals surface area contributed by atoms with Crippen molar-refractivity contribution in [2.75, 3.05) is 7.11 Å². The number of rotatable bonds is 4. The van der Waals surface area contributed by atoms with Crippen molar-refractivity contribution in [1.29, 1.82) is 0 Å². The summed E-state index contributed by atoms with van der Waals surface area (Å²) >= 11 is 7.34. The summed E-state index contributed by atoms with van der Waals surface area (Å²) in [5, 5.41) is 0. The number of benzene rings is 2. The minimum atomic E-state index is 0.232. The first kappa shape index (κ1) is 15.6. The van der Waals surface area contributed by atoms with Crippen molar-refractivity contribution in [3.05, 3.63) is 63.1 Å². The molecule has 1 unspecified atom stereocenters. The molecule has 1 nitrogen and oxygen atoms in total. The second-order valence-corrected chi connectivity index (χ2v) is 7.01. The molecule has 0 aliphatic rings. The smallest absolute Gasteiger partial charge is 0.123 e. The lowest BCUT2D eigenvalue weighted by Gasteiger charge is -2.16. The summed E-state index contributed by atoms with van der Waals surface area (Å²) in [6, 6.07) is 12.7. The highest BCUT2D eigenvalue weighted by molar-refractivity contribution is 9.10. The zero-order valence-corrected chi connectivity index (χ0v) is 15.1. The van der Waals surface area contributed by atoms with Gasteiger partial charge in [-0.1, -0.05) is 55.6 Å². The third-order valence-corrected chi connectivity index (χ3v) is 4.74. The van der Waals surface area contributed by atoms with Gasteiger partial charge in [0.05, 0.1) is 7.11 Å². The Bertz CT molecular complexity index is 608. The first-order chi connectivity index (χ1) is 9.51. The summed E-state index contributed by atoms with van der Waals surface area (Å²) in [6.45, 7) is 4.29. The molecule has 2 aromatic carbocycles. The lowest BCUT2D eigenvalue weighted by molar-refractivity contribution is 0.409. The number of alkyl halides is 1. The van der Waals surface area contributed by atoms with Gasteiger partial charge in [-0.05, 0) is 49.6 Å². The largest absolute Gasteiger partial charge is 0.496 e. The van der Waals surface area contributed by atoms with Gasteiger partial charge in [-0.25, -0.2) is 0 Å². The highest BCUT2D eigenvalue weighted by Gasteiger charge is 2.15. The van der Waals surface area contributed by atoms with Gasteiger partial charge in [0.25, 0.3) is 0 Å². The van der Waals surface area contributed by atoms with E-state index in [0.717, 1.165) is 16.6 Å². The van der Waals surface area contributed by atoms with Gasteiger partial charge in [0.2, 0.25) is 0 Å². The topological polar surface area (TPSA) is 9.23 Å². The van der Waals surface area contributed by atoms with Gasteiger partial charge in [-0.15, -0.1) is 0 Å². The van der Waals surface area contributed by atoms with Crippen LogP contribution in [0.3, 0.4) is 0 Å². The molecule has 1 atom stereocenters. The Hall–Kier alpha value is -0.800. The maximum atomic E-state index is 5.46. The van der Waals surface area contributed by atoms with Crippen molar-refractivity contribution in [3.8, 4) is 5.75 Å². The number of hydrogen-bond donors (Lipinski definition) is 0. The zero-order valence-electron chi connectivity index (χ0n) is 11.9. The van der Waals surface area contributed by atoms with Crippen molar-refractivity contribution in [2.45, 2.75) is 25.1 Å². The van der Waals surface area contributed by atoms with Crippen LogP contribution in [0, 0.1) is 13.8 Å². The van der Waals surface area contributed by atoms with Crippen LogP contribution in [0.5, 0.6) is 5.75 Å². The molecule has 3 heteroatoms. The predicted octanol–water partition coefficient (Wildman–Crippen LogP) is 5.75. The highest BCUT2D eigenvalue weighted by Crippen LogP contribution is 2.36. The van der Waals surface area contributed by atoms with E-state index in [2.05, 4.69) is 70.0 Å². The average molecular weight is 398 g/mol. The molecule has 0 saturated carbocycles. The lowest BCUT2D eigenvalue weighted by Crippen LogP contribution is -2.01. The monoisotopic (exact) mass is 396 g/mol. The number of ether oxygens (including phenoxy) is 1. The van der Waals surface area contributed by atoms with Gasteiger partial charge in [-0.3, -0.25) is 0 Å². The molecule has 2 rings (SSSR count). The molecule has 0 aromatic heterocycles. The summed E-state index contributed by atoms with van der Waals surface area (Å²) in [5.74, 6) is 0.917. The maximum Gasteiger partial charge on any atom is 0.123 e. The fourth-order valence-corrected chi connectivity index (χ4v) is 3.36. The summed E-state index contributed by atoms with van der Waals surface area (Å²) in [5.41, 5.74) is 5.16. The van der Waals surface area contributed by atoms with Gasteiger partial charge in [0.15, 0.2) is 0 Å². The minimum Gasteiger partial charge on any atom is -0.496 e. The Balaban J connectivity index is 2.30. The SMILES string of the molecule is COc1ccc(Br)cc1C(Br)Cc1cc(C)ccc1C. The summed E-state index contributed by atoms with van der Waals surface area (Å²) in [7, 11) is 1.71. The Morgan fingerprint density at radius 3 is 2.55 bits per heavy atom. The number of aryl methyl sites for hydroxylation is 2. The molecule has 0 radical (unpaired) electrons. The van der Waals surface area contributed by atoms with E-state index in [0.29, 0.717) is 0 Å². The fraction of sp³-hybridized carbons (Fsp3) is 0.294. The molecule has 0 heterocycles. The Morgan fingerprint density at radius 2 is 1.85 bits per heavy atom. The first-order valence-corrected chi connectivity index (χ1v) is 8.25. The fourth-order valence-electron chi connectivity index (χ4n) is 2.27. The maximum absolute atomic E-state index is 5.46. The van der Waals surface area contributed by atoms with E-state index in [1.54, 1.807) is 7.11 Å². The molecule has 0 amide bonds. The molecular weight excluding hydrogens is 380 g/mol. The first-order valence-electron chi connectivity index (χ1n) is 6.55. The third kappa shape index (κ3) is 3.64. The number of hydrogen-bond acceptors (Lipinski definition) is 1. The molecule has 106 valence electrons. The van der Waals surface area contributed by atoms with Gasteiger partial charge < -0.3 is 4.74 Å². The van der Waals surface area contributed by atoms with E-state index in [9.17, 15) is 0 Å². The minimum absolute atomic E-state index is 0.232. The van der Waals surface area contributed by atoms with Crippen LogP contribution >= 0.6 is 31.9 Å². The van der Waals surface area contributed by atoms with E-state index in [1.807, 2.05) is 12.1 Å². The van der Waals surface area contributed by atoms with Crippen molar-refractivity contribution < 1.29 is 4.74 Å². The number of halogens is 2. The number of methoxy groups -OCH3 is 1. The van der Waals surface area contributed by atoms with Crippen LogP contribution in [0.2, 0.25) is 0 Å². The lowest BCUT2D eigenvalue weighted by atomic mass is 9.98. The van der Waals surface area contributed by atoms with Crippen molar-refractivity contribution in [3.63, 3.8) is 0 Å². The van der Waals surface area contributed by atoms with Gasteiger partial charge in [0.1, 0.15) is 5.75 Å². The molecule has 20 heavy (non-hydrogen) atoms. The molecule has 0 spiro atoms. The molecule has 0 saturated heterocycles. The predicted molar refractivity (Wildman–Crippen MR) is 92.0 cm³/mol. The quantitative estimate of drug-likeness (QED) is 0.596. The molecule has 0 aliphatic heterocycles. The molecule has 0 fully saturated rings. The summed E-state index contributed by atoms with van der Waals surface area (Å²) in [4.78, 5) is 0.232. The van der Waals surface area contributed by atoms with Crippen LogP contribution in [0.1, 0.15) is 27.1 Å². The van der Waals surface area contributed by atoms with Crippen LogP contribution < -0.4 is 4.74 Å². The molecule has 2 aromatic rings. The zero-order chi connectivity index (χ0) is 14.7. The Labute approximate surface area is 137 Å². The van der Waals surface area contributed by atoms with Crippen LogP contribution in [-0.2, 0) is 6.42 Å². The second kappa shape index (κ2) is 6.77. The van der Waals surface area contributed by atoms with Crippen LogP contribution in [0.25, 0.3) is 0 Å². The summed E-state index contributed by atoms with van der Waals surface area (Å²) in [6.07, 6.45) is 0.945. The molecule has 0 N–H and O–H groups in total. The Morgan fingerprint density at radius 1 is 1.10 bits per heavy atom. The van der Waals surface area contributed by atoms with Crippen molar-refractivity contribution in [2.24, 2.45) is 0 Å².